The van der Waals surface area contributed by atoms with Crippen molar-refractivity contribution >= 4 is 5.91 Å². The first-order valence-corrected chi connectivity index (χ1v) is 7.21. The molecule has 2 heterocycles. The van der Waals surface area contributed by atoms with Gasteiger partial charge in [0.1, 0.15) is 5.83 Å². The molecule has 24 heavy (non-hydrogen) atoms. The Bertz CT molecular complexity index is 716. The van der Waals surface area contributed by atoms with E-state index < -0.39 is 17.7 Å². The number of hydrogen-bond acceptors (Lipinski definition) is 2. The molecule has 8 heteroatoms. The zero-order chi connectivity index (χ0) is 18.1. The van der Waals surface area contributed by atoms with E-state index in [-0.39, 0.29) is 43.0 Å². The highest BCUT2D eigenvalue weighted by molar-refractivity contribution is 5.80. The predicted molar refractivity (Wildman–Crippen MR) is 80.5 cm³/mol. The van der Waals surface area contributed by atoms with Crippen LogP contribution in [-0.2, 0) is 31.0 Å². The van der Waals surface area contributed by atoms with Gasteiger partial charge < -0.3 is 4.90 Å². The van der Waals surface area contributed by atoms with Gasteiger partial charge in [0.25, 0.3) is 0 Å². The monoisotopic (exact) mass is 343 g/mol. The minimum atomic E-state index is -4.52. The van der Waals surface area contributed by atoms with Crippen LogP contribution in [0.3, 0.4) is 0 Å². The van der Waals surface area contributed by atoms with E-state index in [0.29, 0.717) is 5.69 Å². The summed E-state index contributed by atoms with van der Waals surface area (Å²) in [6.07, 6.45) is -2.00. The number of aryl methyl sites for hydroxylation is 1. The third-order valence-corrected chi connectivity index (χ3v) is 3.88. The largest absolute Gasteiger partial charge is 0.435 e. The van der Waals surface area contributed by atoms with E-state index >= 15 is 0 Å². The summed E-state index contributed by atoms with van der Waals surface area (Å²) in [7, 11) is 1.41. The van der Waals surface area contributed by atoms with E-state index in [4.69, 9.17) is 0 Å². The standard InChI is InChI=1S/C16H17F4N3O/c1-4-5-11(10(2)17)8-14(24)23-7-6-12-13(9-23)22(3)21-15(12)16(18,19)20/h4-5H,1-2,6-9H2,3H3. The summed E-state index contributed by atoms with van der Waals surface area (Å²) < 4.78 is 53.3. The number of carbonyl (C=O) groups excluding carboxylic acids is 1. The van der Waals surface area contributed by atoms with Crippen LogP contribution in [0.15, 0.2) is 36.7 Å². The van der Waals surface area contributed by atoms with E-state index in [2.05, 4.69) is 18.3 Å². The number of alkyl halides is 3. The maximum absolute atomic E-state index is 13.3. The van der Waals surface area contributed by atoms with Crippen LogP contribution in [0, 0.1) is 0 Å². The van der Waals surface area contributed by atoms with Crippen molar-refractivity contribution in [1.82, 2.24) is 14.7 Å². The quantitative estimate of drug-likeness (QED) is 0.621. The summed E-state index contributed by atoms with van der Waals surface area (Å²) in [4.78, 5) is 13.7. The lowest BCUT2D eigenvalue weighted by Gasteiger charge is -2.28. The summed E-state index contributed by atoms with van der Waals surface area (Å²) in [5, 5.41) is 3.53. The molecule has 0 bridgehead atoms. The smallest absolute Gasteiger partial charge is 0.336 e. The molecule has 0 spiro atoms. The van der Waals surface area contributed by atoms with Crippen LogP contribution in [-0.4, -0.2) is 27.1 Å². The van der Waals surface area contributed by atoms with Crippen LogP contribution >= 0.6 is 0 Å². The van der Waals surface area contributed by atoms with Gasteiger partial charge in [0.2, 0.25) is 5.91 Å². The summed E-state index contributed by atoms with van der Waals surface area (Å²) >= 11 is 0. The lowest BCUT2D eigenvalue weighted by molar-refractivity contribution is -0.142. The number of hydrogen-bond donors (Lipinski definition) is 0. The Morgan fingerprint density at radius 3 is 2.62 bits per heavy atom. The number of halogens is 4. The van der Waals surface area contributed by atoms with E-state index in [1.807, 2.05) is 0 Å². The van der Waals surface area contributed by atoms with Crippen molar-refractivity contribution in [3.63, 3.8) is 0 Å². The van der Waals surface area contributed by atoms with E-state index in [0.717, 1.165) is 4.68 Å². The van der Waals surface area contributed by atoms with Gasteiger partial charge in [0.15, 0.2) is 5.69 Å². The molecular weight excluding hydrogens is 326 g/mol. The fraction of sp³-hybridized carbons (Fsp3) is 0.375. The average molecular weight is 343 g/mol. The highest BCUT2D eigenvalue weighted by Gasteiger charge is 2.40. The number of nitrogens with zero attached hydrogens (tertiary/aromatic N) is 3. The molecule has 0 atom stereocenters. The Morgan fingerprint density at radius 2 is 2.08 bits per heavy atom. The van der Waals surface area contributed by atoms with Crippen molar-refractivity contribution in [2.75, 3.05) is 6.54 Å². The summed E-state index contributed by atoms with van der Waals surface area (Å²) in [6.45, 7) is 6.74. The van der Waals surface area contributed by atoms with E-state index in [1.165, 1.54) is 24.1 Å². The molecule has 0 radical (unpaired) electrons. The highest BCUT2D eigenvalue weighted by atomic mass is 19.4. The van der Waals surface area contributed by atoms with Crippen LogP contribution in [0.4, 0.5) is 17.6 Å². The number of aromatic nitrogens is 2. The molecule has 1 aromatic heterocycles. The molecule has 0 aliphatic carbocycles. The Hall–Kier alpha value is -2.38. The average Bonchev–Trinajstić information content (AvgIpc) is 2.83. The lowest BCUT2D eigenvalue weighted by Crippen LogP contribution is -2.37. The second kappa shape index (κ2) is 6.62. The van der Waals surface area contributed by atoms with Crippen molar-refractivity contribution in [2.24, 2.45) is 7.05 Å². The first-order valence-electron chi connectivity index (χ1n) is 7.21. The van der Waals surface area contributed by atoms with Crippen molar-refractivity contribution in [3.05, 3.63) is 53.7 Å². The van der Waals surface area contributed by atoms with Gasteiger partial charge >= 0.3 is 6.18 Å². The Balaban J connectivity index is 2.20. The minimum Gasteiger partial charge on any atom is -0.336 e. The van der Waals surface area contributed by atoms with Gasteiger partial charge in [-0.05, 0) is 12.0 Å². The van der Waals surface area contributed by atoms with Crippen molar-refractivity contribution in [2.45, 2.75) is 25.6 Å². The molecule has 1 aliphatic heterocycles. The van der Waals surface area contributed by atoms with Gasteiger partial charge in [-0.2, -0.15) is 18.3 Å². The Kier molecular flexibility index (Phi) is 4.96. The van der Waals surface area contributed by atoms with Gasteiger partial charge in [-0.15, -0.1) is 0 Å². The second-order valence-electron chi connectivity index (χ2n) is 5.47. The van der Waals surface area contributed by atoms with Gasteiger partial charge in [-0.1, -0.05) is 25.3 Å². The topological polar surface area (TPSA) is 38.1 Å². The third-order valence-electron chi connectivity index (χ3n) is 3.88. The molecule has 130 valence electrons. The van der Waals surface area contributed by atoms with Crippen molar-refractivity contribution in [1.29, 1.82) is 0 Å². The zero-order valence-corrected chi connectivity index (χ0v) is 13.2. The molecule has 0 fully saturated rings. The normalized spacial score (nSPS) is 15.2. The molecule has 1 amide bonds. The van der Waals surface area contributed by atoms with E-state index in [9.17, 15) is 22.4 Å². The van der Waals surface area contributed by atoms with Gasteiger partial charge in [-0.25, -0.2) is 4.39 Å². The fourth-order valence-electron chi connectivity index (χ4n) is 2.67. The van der Waals surface area contributed by atoms with E-state index in [1.54, 1.807) is 0 Å². The molecular formula is C16H17F4N3O. The molecule has 2 rings (SSSR count). The molecule has 0 saturated heterocycles. The SMILES string of the molecule is C=CC=C(CC(=O)N1CCc2c(C(F)(F)F)nn(C)c2C1)C(=C)F. The molecule has 1 aliphatic rings. The summed E-state index contributed by atoms with van der Waals surface area (Å²) in [5.41, 5.74) is -0.348. The number of fused-ring (bicyclic) bond motifs is 1. The number of carbonyl (C=O) groups is 1. The zero-order valence-electron chi connectivity index (χ0n) is 13.2. The minimum absolute atomic E-state index is 0.00782. The van der Waals surface area contributed by atoms with Crippen LogP contribution in [0.25, 0.3) is 0 Å². The Labute approximate surface area is 136 Å². The molecule has 4 nitrogen and oxygen atoms in total. The van der Waals surface area contributed by atoms with Crippen LogP contribution < -0.4 is 0 Å². The molecule has 0 aromatic carbocycles. The van der Waals surface area contributed by atoms with Crippen LogP contribution in [0.1, 0.15) is 23.4 Å². The number of rotatable bonds is 4. The first-order chi connectivity index (χ1) is 11.1. The fourth-order valence-corrected chi connectivity index (χ4v) is 2.67. The second-order valence-corrected chi connectivity index (χ2v) is 5.47. The summed E-state index contributed by atoms with van der Waals surface area (Å²) in [6, 6.07) is 0. The highest BCUT2D eigenvalue weighted by Crippen LogP contribution is 2.34. The van der Waals surface area contributed by atoms with Crippen LogP contribution in [0.5, 0.6) is 0 Å². The van der Waals surface area contributed by atoms with Gasteiger partial charge in [-0.3, -0.25) is 9.48 Å². The van der Waals surface area contributed by atoms with Crippen molar-refractivity contribution in [3.8, 4) is 0 Å². The lowest BCUT2D eigenvalue weighted by atomic mass is 10.0. The maximum Gasteiger partial charge on any atom is 0.435 e. The first kappa shape index (κ1) is 18.0. The third kappa shape index (κ3) is 3.58. The van der Waals surface area contributed by atoms with Gasteiger partial charge in [0, 0.05) is 19.2 Å². The maximum atomic E-state index is 13.3. The van der Waals surface area contributed by atoms with Gasteiger partial charge in [0.05, 0.1) is 18.7 Å². The molecule has 1 aromatic rings. The van der Waals surface area contributed by atoms with Crippen molar-refractivity contribution < 1.29 is 22.4 Å². The molecule has 0 N–H and O–H groups in total. The summed E-state index contributed by atoms with van der Waals surface area (Å²) in [5.74, 6) is -1.12. The number of allylic oxidation sites excluding steroid dienone is 3. The predicted octanol–water partition coefficient (Wildman–Crippen LogP) is 3.31. The Morgan fingerprint density at radius 1 is 1.42 bits per heavy atom. The molecule has 0 unspecified atom stereocenters. The van der Waals surface area contributed by atoms with Crippen LogP contribution in [0.2, 0.25) is 0 Å². The molecule has 0 saturated carbocycles. The number of amides is 1.